The van der Waals surface area contributed by atoms with Crippen molar-refractivity contribution in [3.05, 3.63) is 29.5 Å². The van der Waals surface area contributed by atoms with Gasteiger partial charge in [0.2, 0.25) is 0 Å². The van der Waals surface area contributed by atoms with Gasteiger partial charge < -0.3 is 0 Å². The monoisotopic (exact) mass is 199 g/mol. The van der Waals surface area contributed by atoms with Crippen molar-refractivity contribution in [2.75, 3.05) is 0 Å². The Morgan fingerprint density at radius 2 is 2.13 bits per heavy atom. The minimum Gasteiger partial charge on any atom is -0.251 e. The van der Waals surface area contributed by atoms with Crippen LogP contribution in [0.2, 0.25) is 0 Å². The topological polar surface area (TPSA) is 41.6 Å². The van der Waals surface area contributed by atoms with Gasteiger partial charge in [0.1, 0.15) is 11.8 Å². The quantitative estimate of drug-likeness (QED) is 0.708. The summed E-state index contributed by atoms with van der Waals surface area (Å²) in [5.41, 5.74) is 2.70. The van der Waals surface area contributed by atoms with Crippen molar-refractivity contribution in [2.24, 2.45) is 0 Å². The third kappa shape index (κ3) is 1.39. The number of rotatable bonds is 1. The van der Waals surface area contributed by atoms with Crippen molar-refractivity contribution in [2.45, 2.75) is 26.8 Å². The van der Waals surface area contributed by atoms with Crippen LogP contribution in [-0.2, 0) is 0 Å². The summed E-state index contributed by atoms with van der Waals surface area (Å²) in [5.74, 6) is 0. The van der Waals surface area contributed by atoms with Gasteiger partial charge in [-0.25, -0.2) is 0 Å². The van der Waals surface area contributed by atoms with E-state index >= 15 is 0 Å². The molecular weight excluding hydrogens is 186 g/mol. The zero-order valence-corrected chi connectivity index (χ0v) is 9.15. The van der Waals surface area contributed by atoms with Crippen LogP contribution in [-0.4, -0.2) is 9.78 Å². The average Bonchev–Trinajstić information content (AvgIpc) is 2.57. The third-order valence-corrected chi connectivity index (χ3v) is 2.52. The lowest BCUT2D eigenvalue weighted by Crippen LogP contribution is -2.04. The molecule has 0 saturated heterocycles. The Labute approximate surface area is 88.9 Å². The van der Waals surface area contributed by atoms with E-state index < -0.39 is 0 Å². The van der Waals surface area contributed by atoms with Gasteiger partial charge in [-0.2, -0.15) is 10.4 Å². The van der Waals surface area contributed by atoms with Crippen LogP contribution in [0.3, 0.4) is 0 Å². The second-order valence-electron chi connectivity index (χ2n) is 3.97. The molecule has 1 aromatic carbocycles. The van der Waals surface area contributed by atoms with E-state index in [0.29, 0.717) is 5.69 Å². The van der Waals surface area contributed by atoms with Crippen LogP contribution in [0.1, 0.15) is 31.1 Å². The molecule has 1 heterocycles. The lowest BCUT2D eigenvalue weighted by Gasteiger charge is -2.05. The third-order valence-electron chi connectivity index (χ3n) is 2.52. The first-order chi connectivity index (χ1) is 7.15. The van der Waals surface area contributed by atoms with Gasteiger partial charge in [-0.05, 0) is 32.4 Å². The fourth-order valence-corrected chi connectivity index (χ4v) is 1.75. The summed E-state index contributed by atoms with van der Waals surface area (Å²) >= 11 is 0. The van der Waals surface area contributed by atoms with Crippen LogP contribution >= 0.6 is 0 Å². The molecular formula is C12H13N3. The van der Waals surface area contributed by atoms with Gasteiger partial charge in [-0.1, -0.05) is 12.1 Å². The van der Waals surface area contributed by atoms with E-state index in [9.17, 15) is 0 Å². The molecule has 0 saturated carbocycles. The number of hydrogen-bond donors (Lipinski definition) is 0. The maximum absolute atomic E-state index is 9.13. The molecule has 0 N–H and O–H groups in total. The minimum absolute atomic E-state index is 0.214. The predicted molar refractivity (Wildman–Crippen MR) is 59.6 cm³/mol. The summed E-state index contributed by atoms with van der Waals surface area (Å²) in [6.45, 7) is 6.07. The molecule has 3 nitrogen and oxygen atoms in total. The first kappa shape index (κ1) is 9.72. The smallest absolute Gasteiger partial charge is 0.146 e. The number of fused-ring (bicyclic) bond motifs is 1. The normalized spacial score (nSPS) is 10.9. The molecule has 0 aliphatic heterocycles. The molecule has 2 aromatic rings. The molecule has 0 unspecified atom stereocenters. The van der Waals surface area contributed by atoms with Crippen molar-refractivity contribution in [3.63, 3.8) is 0 Å². The lowest BCUT2D eigenvalue weighted by molar-refractivity contribution is 0.531. The highest BCUT2D eigenvalue weighted by molar-refractivity contribution is 5.86. The summed E-state index contributed by atoms with van der Waals surface area (Å²) in [6, 6.07) is 8.37. The second kappa shape index (κ2) is 3.39. The minimum atomic E-state index is 0.214. The summed E-state index contributed by atoms with van der Waals surface area (Å²) in [6.07, 6.45) is 0. The van der Waals surface area contributed by atoms with Crippen molar-refractivity contribution in [3.8, 4) is 6.07 Å². The fourth-order valence-electron chi connectivity index (χ4n) is 1.75. The number of aromatic nitrogens is 2. The van der Waals surface area contributed by atoms with Gasteiger partial charge in [0.25, 0.3) is 0 Å². The molecule has 0 bridgehead atoms. The van der Waals surface area contributed by atoms with Crippen molar-refractivity contribution < 1.29 is 0 Å². The van der Waals surface area contributed by atoms with Crippen LogP contribution in [0.25, 0.3) is 10.9 Å². The number of hydrogen-bond acceptors (Lipinski definition) is 2. The predicted octanol–water partition coefficient (Wildman–Crippen LogP) is 2.80. The molecule has 15 heavy (non-hydrogen) atoms. The Morgan fingerprint density at radius 3 is 2.73 bits per heavy atom. The maximum atomic E-state index is 9.13. The van der Waals surface area contributed by atoms with E-state index in [0.717, 1.165) is 16.5 Å². The van der Waals surface area contributed by atoms with Gasteiger partial charge in [0.05, 0.1) is 5.52 Å². The van der Waals surface area contributed by atoms with Crippen LogP contribution in [0.15, 0.2) is 18.2 Å². The first-order valence-electron chi connectivity index (χ1n) is 5.03. The van der Waals surface area contributed by atoms with E-state index in [2.05, 4.69) is 11.2 Å². The van der Waals surface area contributed by atoms with E-state index in [4.69, 9.17) is 5.26 Å². The molecule has 2 rings (SSSR count). The summed E-state index contributed by atoms with van der Waals surface area (Å²) in [4.78, 5) is 0. The van der Waals surface area contributed by atoms with Gasteiger partial charge in [0.15, 0.2) is 0 Å². The summed E-state index contributed by atoms with van der Waals surface area (Å²) in [5, 5.41) is 14.6. The molecule has 1 aromatic heterocycles. The number of nitrogens with zero attached hydrogens (tertiary/aromatic N) is 3. The molecule has 0 amide bonds. The first-order valence-corrected chi connectivity index (χ1v) is 5.03. The molecule has 0 spiro atoms. The Kier molecular flexibility index (Phi) is 2.20. The van der Waals surface area contributed by atoms with Gasteiger partial charge in [-0.3, -0.25) is 4.68 Å². The van der Waals surface area contributed by atoms with Gasteiger partial charge in [-0.15, -0.1) is 0 Å². The van der Waals surface area contributed by atoms with Crippen LogP contribution < -0.4 is 0 Å². The molecule has 76 valence electrons. The molecule has 0 radical (unpaired) electrons. The number of nitriles is 1. The van der Waals surface area contributed by atoms with Gasteiger partial charge in [0, 0.05) is 11.4 Å². The van der Waals surface area contributed by atoms with E-state index in [1.807, 2.05) is 39.0 Å². The lowest BCUT2D eigenvalue weighted by atomic mass is 10.1. The molecule has 3 heteroatoms. The second-order valence-corrected chi connectivity index (χ2v) is 3.97. The van der Waals surface area contributed by atoms with E-state index in [1.54, 1.807) is 4.68 Å². The van der Waals surface area contributed by atoms with Crippen LogP contribution in [0.4, 0.5) is 0 Å². The van der Waals surface area contributed by atoms with Crippen molar-refractivity contribution in [1.82, 2.24) is 9.78 Å². The van der Waals surface area contributed by atoms with E-state index in [1.165, 1.54) is 0 Å². The zero-order chi connectivity index (χ0) is 11.0. The number of benzene rings is 1. The summed E-state index contributed by atoms with van der Waals surface area (Å²) < 4.78 is 1.79. The van der Waals surface area contributed by atoms with E-state index in [-0.39, 0.29) is 6.04 Å². The standard InChI is InChI=1S/C12H13N3/c1-8(2)15-11(7-13)10-6-4-5-9(3)12(10)14-15/h4-6,8H,1-3H3. The SMILES string of the molecule is Cc1cccc2c(C#N)n(C(C)C)nc12. The fraction of sp³-hybridized carbons (Fsp3) is 0.333. The average molecular weight is 199 g/mol. The van der Waals surface area contributed by atoms with Crippen LogP contribution in [0, 0.1) is 18.3 Å². The van der Waals surface area contributed by atoms with Crippen molar-refractivity contribution >= 4 is 10.9 Å². The largest absolute Gasteiger partial charge is 0.251 e. The van der Waals surface area contributed by atoms with Crippen molar-refractivity contribution in [1.29, 1.82) is 5.26 Å². The molecule has 0 aliphatic carbocycles. The highest BCUT2D eigenvalue weighted by Gasteiger charge is 2.13. The highest BCUT2D eigenvalue weighted by atomic mass is 15.3. The van der Waals surface area contributed by atoms with Gasteiger partial charge >= 0.3 is 0 Å². The Morgan fingerprint density at radius 1 is 1.40 bits per heavy atom. The summed E-state index contributed by atoms with van der Waals surface area (Å²) in [7, 11) is 0. The molecule has 0 aliphatic rings. The Hall–Kier alpha value is -1.82. The van der Waals surface area contributed by atoms with Crippen LogP contribution in [0.5, 0.6) is 0 Å². The zero-order valence-electron chi connectivity index (χ0n) is 9.15. The maximum Gasteiger partial charge on any atom is 0.146 e. The highest BCUT2D eigenvalue weighted by Crippen LogP contribution is 2.23. The molecule has 0 atom stereocenters. The molecule has 0 fully saturated rings. The number of aryl methyl sites for hydroxylation is 1. The Bertz CT molecular complexity index is 544. The Balaban J connectivity index is 2.86.